The van der Waals surface area contributed by atoms with Gasteiger partial charge in [0.15, 0.2) is 0 Å². The van der Waals surface area contributed by atoms with Crippen LogP contribution in [0.25, 0.3) is 0 Å². The first-order valence-corrected chi connectivity index (χ1v) is 8.98. The highest BCUT2D eigenvalue weighted by Gasteiger charge is 2.15. The summed E-state index contributed by atoms with van der Waals surface area (Å²) in [6.45, 7) is 3.89. The molecule has 1 atom stereocenters. The molecule has 1 aromatic heterocycles. The van der Waals surface area contributed by atoms with Crippen molar-refractivity contribution in [3.63, 3.8) is 0 Å². The van der Waals surface area contributed by atoms with E-state index in [0.717, 1.165) is 18.9 Å². The molecule has 1 fully saturated rings. The van der Waals surface area contributed by atoms with Crippen molar-refractivity contribution in [2.75, 3.05) is 23.3 Å². The molecule has 2 aromatic rings. The van der Waals surface area contributed by atoms with Gasteiger partial charge in [-0.05, 0) is 44.0 Å². The lowest BCUT2D eigenvalue weighted by atomic mass is 10.1. The van der Waals surface area contributed by atoms with Crippen LogP contribution in [0.1, 0.15) is 36.5 Å². The van der Waals surface area contributed by atoms with Crippen molar-refractivity contribution >= 4 is 23.3 Å². The molecular formula is C20H24N4O2. The Labute approximate surface area is 153 Å². The number of rotatable bonds is 6. The molecule has 136 valence electrons. The second-order valence-electron chi connectivity index (χ2n) is 6.59. The number of hydrogen-bond acceptors (Lipinski definition) is 4. The zero-order valence-corrected chi connectivity index (χ0v) is 14.9. The van der Waals surface area contributed by atoms with Crippen LogP contribution in [0.15, 0.2) is 48.7 Å². The minimum atomic E-state index is -0.264. The summed E-state index contributed by atoms with van der Waals surface area (Å²) < 4.78 is 0. The van der Waals surface area contributed by atoms with Crippen LogP contribution in [-0.2, 0) is 4.79 Å². The summed E-state index contributed by atoms with van der Waals surface area (Å²) in [4.78, 5) is 30.9. The van der Waals surface area contributed by atoms with Crippen molar-refractivity contribution in [3.05, 3.63) is 54.2 Å². The molecule has 0 spiro atoms. The number of nitrogens with one attached hydrogen (secondary N) is 2. The summed E-state index contributed by atoms with van der Waals surface area (Å²) >= 11 is 0. The monoisotopic (exact) mass is 352 g/mol. The lowest BCUT2D eigenvalue weighted by Crippen LogP contribution is -2.35. The van der Waals surface area contributed by atoms with Gasteiger partial charge in [-0.25, -0.2) is 4.98 Å². The van der Waals surface area contributed by atoms with Crippen molar-refractivity contribution in [3.8, 4) is 0 Å². The Hall–Kier alpha value is -2.89. The first-order valence-electron chi connectivity index (χ1n) is 8.98. The number of anilines is 2. The molecule has 2 amide bonds. The van der Waals surface area contributed by atoms with E-state index in [-0.39, 0.29) is 24.3 Å². The lowest BCUT2D eigenvalue weighted by Gasteiger charge is -2.17. The van der Waals surface area contributed by atoms with Gasteiger partial charge in [-0.1, -0.05) is 18.2 Å². The van der Waals surface area contributed by atoms with Crippen LogP contribution >= 0.6 is 0 Å². The molecule has 26 heavy (non-hydrogen) atoms. The van der Waals surface area contributed by atoms with Crippen LogP contribution in [-0.4, -0.2) is 35.9 Å². The summed E-state index contributed by atoms with van der Waals surface area (Å²) in [5, 5.41) is 5.67. The van der Waals surface area contributed by atoms with Gasteiger partial charge in [-0.3, -0.25) is 9.59 Å². The molecule has 3 rings (SSSR count). The van der Waals surface area contributed by atoms with Crippen molar-refractivity contribution < 1.29 is 9.59 Å². The summed E-state index contributed by atoms with van der Waals surface area (Å²) in [6, 6.07) is 12.5. The van der Waals surface area contributed by atoms with E-state index < -0.39 is 0 Å². The molecule has 2 N–H and O–H groups in total. The van der Waals surface area contributed by atoms with Crippen molar-refractivity contribution in [2.45, 2.75) is 32.2 Å². The maximum absolute atomic E-state index is 12.2. The third-order valence-electron chi connectivity index (χ3n) is 4.37. The van der Waals surface area contributed by atoms with Gasteiger partial charge in [0.1, 0.15) is 5.82 Å². The molecule has 6 nitrogen and oxygen atoms in total. The van der Waals surface area contributed by atoms with Gasteiger partial charge >= 0.3 is 0 Å². The maximum Gasteiger partial charge on any atom is 0.251 e. The predicted octanol–water partition coefficient (Wildman–Crippen LogP) is 2.83. The van der Waals surface area contributed by atoms with E-state index in [9.17, 15) is 9.59 Å². The van der Waals surface area contributed by atoms with Crippen LogP contribution in [0.2, 0.25) is 0 Å². The second-order valence-corrected chi connectivity index (χ2v) is 6.59. The quantitative estimate of drug-likeness (QED) is 0.838. The van der Waals surface area contributed by atoms with Gasteiger partial charge in [0.25, 0.3) is 5.91 Å². The maximum atomic E-state index is 12.2. The summed E-state index contributed by atoms with van der Waals surface area (Å²) in [5.74, 6) is 0.619. The Morgan fingerprint density at radius 1 is 1.12 bits per heavy atom. The molecule has 0 saturated carbocycles. The fourth-order valence-corrected chi connectivity index (χ4v) is 3.03. The van der Waals surface area contributed by atoms with Gasteiger partial charge < -0.3 is 15.5 Å². The van der Waals surface area contributed by atoms with E-state index in [4.69, 9.17) is 0 Å². The molecule has 0 aliphatic carbocycles. The van der Waals surface area contributed by atoms with Crippen LogP contribution in [0.5, 0.6) is 0 Å². The number of hydrogen-bond donors (Lipinski definition) is 2. The third-order valence-corrected chi connectivity index (χ3v) is 4.37. The predicted molar refractivity (Wildman–Crippen MR) is 102 cm³/mol. The van der Waals surface area contributed by atoms with Gasteiger partial charge in [-0.15, -0.1) is 0 Å². The van der Waals surface area contributed by atoms with E-state index in [1.165, 1.54) is 12.8 Å². The molecule has 6 heteroatoms. The van der Waals surface area contributed by atoms with Gasteiger partial charge in [0.05, 0.1) is 11.9 Å². The number of amides is 2. The number of carbonyl (C=O) groups excluding carboxylic acids is 2. The van der Waals surface area contributed by atoms with E-state index in [0.29, 0.717) is 11.3 Å². The third kappa shape index (κ3) is 4.81. The van der Waals surface area contributed by atoms with Crippen LogP contribution in [0.4, 0.5) is 11.5 Å². The molecule has 1 saturated heterocycles. The normalized spacial score (nSPS) is 14.7. The fraction of sp³-hybridized carbons (Fsp3) is 0.350. The Balaban J connectivity index is 1.48. The van der Waals surface area contributed by atoms with Gasteiger partial charge in [0.2, 0.25) is 5.91 Å². The zero-order chi connectivity index (χ0) is 18.4. The molecule has 0 radical (unpaired) electrons. The highest BCUT2D eigenvalue weighted by Crippen LogP contribution is 2.19. The summed E-state index contributed by atoms with van der Waals surface area (Å²) in [6.07, 6.45) is 4.28. The molecule has 1 aliphatic rings. The number of benzene rings is 1. The standard InChI is InChI=1S/C20H24N4O2/c1-15(22-20(26)16-7-3-2-4-8-16)13-19(25)23-17-9-10-18(21-14-17)24-11-5-6-12-24/h2-4,7-10,14-15H,5-6,11-13H2,1H3,(H,22,26)(H,23,25). The minimum Gasteiger partial charge on any atom is -0.357 e. The zero-order valence-electron chi connectivity index (χ0n) is 14.9. The molecule has 1 aliphatic heterocycles. The molecule has 2 heterocycles. The molecular weight excluding hydrogens is 328 g/mol. The average Bonchev–Trinajstić information content (AvgIpc) is 3.17. The van der Waals surface area contributed by atoms with Crippen LogP contribution < -0.4 is 15.5 Å². The molecule has 1 aromatic carbocycles. The Morgan fingerprint density at radius 2 is 1.85 bits per heavy atom. The second kappa shape index (κ2) is 8.47. The first kappa shape index (κ1) is 17.9. The van der Waals surface area contributed by atoms with Crippen LogP contribution in [0.3, 0.4) is 0 Å². The van der Waals surface area contributed by atoms with Crippen molar-refractivity contribution in [1.29, 1.82) is 0 Å². The minimum absolute atomic E-state index is 0.151. The molecule has 1 unspecified atom stereocenters. The van der Waals surface area contributed by atoms with E-state index in [2.05, 4.69) is 20.5 Å². The Bertz CT molecular complexity index is 740. The fourth-order valence-electron chi connectivity index (χ4n) is 3.03. The largest absolute Gasteiger partial charge is 0.357 e. The lowest BCUT2D eigenvalue weighted by molar-refractivity contribution is -0.116. The molecule has 0 bridgehead atoms. The number of carbonyl (C=O) groups is 2. The van der Waals surface area contributed by atoms with E-state index >= 15 is 0 Å². The smallest absolute Gasteiger partial charge is 0.251 e. The summed E-state index contributed by atoms with van der Waals surface area (Å²) in [7, 11) is 0. The highest BCUT2D eigenvalue weighted by molar-refractivity contribution is 5.95. The van der Waals surface area contributed by atoms with E-state index in [1.807, 2.05) is 37.3 Å². The van der Waals surface area contributed by atoms with Crippen molar-refractivity contribution in [2.24, 2.45) is 0 Å². The summed E-state index contributed by atoms with van der Waals surface area (Å²) in [5.41, 5.74) is 1.25. The first-order chi connectivity index (χ1) is 12.6. The van der Waals surface area contributed by atoms with E-state index in [1.54, 1.807) is 18.3 Å². The SMILES string of the molecule is CC(CC(=O)Nc1ccc(N2CCCC2)nc1)NC(=O)c1ccccc1. The van der Waals surface area contributed by atoms with Crippen LogP contribution in [0, 0.1) is 0 Å². The number of pyridine rings is 1. The van der Waals surface area contributed by atoms with Crippen molar-refractivity contribution in [1.82, 2.24) is 10.3 Å². The average molecular weight is 352 g/mol. The highest BCUT2D eigenvalue weighted by atomic mass is 16.2. The Kier molecular flexibility index (Phi) is 5.84. The Morgan fingerprint density at radius 3 is 2.50 bits per heavy atom. The number of nitrogens with zero attached hydrogens (tertiary/aromatic N) is 2. The topological polar surface area (TPSA) is 74.3 Å². The van der Waals surface area contributed by atoms with Gasteiger partial charge in [-0.2, -0.15) is 0 Å². The van der Waals surface area contributed by atoms with Gasteiger partial charge in [0, 0.05) is 31.1 Å². The number of aromatic nitrogens is 1.